The van der Waals surface area contributed by atoms with E-state index in [9.17, 15) is 15.2 Å². The molecule has 1 rings (SSSR count). The highest BCUT2D eigenvalue weighted by molar-refractivity contribution is 5.67. The van der Waals surface area contributed by atoms with Crippen molar-refractivity contribution in [1.29, 1.82) is 0 Å². The van der Waals surface area contributed by atoms with Gasteiger partial charge in [0.2, 0.25) is 0 Å². The van der Waals surface area contributed by atoms with E-state index in [1.165, 1.54) is 0 Å². The van der Waals surface area contributed by atoms with E-state index in [0.717, 1.165) is 12.8 Å². The molecule has 0 bridgehead atoms. The van der Waals surface area contributed by atoms with Crippen LogP contribution in [0.2, 0.25) is 0 Å². The summed E-state index contributed by atoms with van der Waals surface area (Å²) in [7, 11) is 0. The average Bonchev–Trinajstić information content (AvgIpc) is 2.38. The number of hydrogen-bond donors (Lipinski definition) is 1. The smallest absolute Gasteiger partial charge is 0.295 e. The van der Waals surface area contributed by atoms with Crippen molar-refractivity contribution in [2.24, 2.45) is 0 Å². The lowest BCUT2D eigenvalue weighted by Gasteiger charge is -2.32. The van der Waals surface area contributed by atoms with Crippen LogP contribution in [0.4, 0.5) is 11.4 Å². The van der Waals surface area contributed by atoms with Crippen LogP contribution in [-0.4, -0.2) is 29.2 Å². The summed E-state index contributed by atoms with van der Waals surface area (Å²) in [4.78, 5) is 12.9. The Kier molecular flexibility index (Phi) is 5.76. The van der Waals surface area contributed by atoms with E-state index in [2.05, 4.69) is 13.8 Å². The normalized spacial score (nSPS) is 10.8. The fourth-order valence-corrected chi connectivity index (χ4v) is 2.45. The summed E-state index contributed by atoms with van der Waals surface area (Å²) < 4.78 is 0. The number of nitro benzene ring substituents is 1. The maximum absolute atomic E-state index is 11.3. The van der Waals surface area contributed by atoms with Crippen molar-refractivity contribution in [1.82, 2.24) is 0 Å². The van der Waals surface area contributed by atoms with Crippen molar-refractivity contribution < 1.29 is 10.0 Å². The fourth-order valence-electron chi connectivity index (χ4n) is 2.45. The number of anilines is 1. The third-order valence-corrected chi connectivity index (χ3v) is 3.43. The maximum Gasteiger partial charge on any atom is 0.295 e. The highest BCUT2D eigenvalue weighted by Gasteiger charge is 2.25. The molecule has 1 aromatic carbocycles. The topological polar surface area (TPSA) is 66.6 Å². The number of aryl methyl sites for hydroxylation is 1. The molecule has 0 aliphatic heterocycles. The lowest BCUT2D eigenvalue weighted by molar-refractivity contribution is -0.384. The average molecular weight is 266 g/mol. The fraction of sp³-hybridized carbons (Fsp3) is 0.571. The lowest BCUT2D eigenvalue weighted by Crippen LogP contribution is -2.37. The molecule has 5 nitrogen and oxygen atoms in total. The van der Waals surface area contributed by atoms with Crippen LogP contribution in [0, 0.1) is 17.0 Å². The van der Waals surface area contributed by atoms with Gasteiger partial charge in [-0.25, -0.2) is 0 Å². The molecule has 0 amide bonds. The first-order valence-electron chi connectivity index (χ1n) is 6.68. The lowest BCUT2D eigenvalue weighted by atomic mass is 10.1. The van der Waals surface area contributed by atoms with E-state index in [0.29, 0.717) is 17.8 Å². The summed E-state index contributed by atoms with van der Waals surface area (Å²) in [5, 5.41) is 20.5. The SMILES string of the molecule is CCC(CC)N(CCO)c1cccc(C)c1[N+](=O)[O-]. The van der Waals surface area contributed by atoms with E-state index in [-0.39, 0.29) is 23.3 Å². The highest BCUT2D eigenvalue weighted by atomic mass is 16.6. The monoisotopic (exact) mass is 266 g/mol. The summed E-state index contributed by atoms with van der Waals surface area (Å²) in [5.74, 6) is 0. The Morgan fingerprint density at radius 2 is 2.00 bits per heavy atom. The molecule has 0 aromatic heterocycles. The van der Waals surface area contributed by atoms with Gasteiger partial charge in [0.05, 0.1) is 11.5 Å². The second kappa shape index (κ2) is 7.09. The van der Waals surface area contributed by atoms with Crippen molar-refractivity contribution in [2.45, 2.75) is 39.7 Å². The maximum atomic E-state index is 11.3. The van der Waals surface area contributed by atoms with Gasteiger partial charge in [-0.15, -0.1) is 0 Å². The first-order chi connectivity index (χ1) is 9.06. The third kappa shape index (κ3) is 3.44. The van der Waals surface area contributed by atoms with E-state index in [4.69, 9.17) is 0 Å². The summed E-state index contributed by atoms with van der Waals surface area (Å²) >= 11 is 0. The minimum atomic E-state index is -0.336. The van der Waals surface area contributed by atoms with Crippen LogP contribution in [0.15, 0.2) is 18.2 Å². The van der Waals surface area contributed by atoms with Gasteiger partial charge >= 0.3 is 0 Å². The number of nitro groups is 1. The van der Waals surface area contributed by atoms with Gasteiger partial charge in [0.25, 0.3) is 5.69 Å². The Labute approximate surface area is 114 Å². The number of hydrogen-bond acceptors (Lipinski definition) is 4. The molecule has 0 saturated heterocycles. The molecule has 19 heavy (non-hydrogen) atoms. The van der Waals surface area contributed by atoms with Crippen LogP contribution in [0.5, 0.6) is 0 Å². The predicted octanol–water partition coefficient (Wildman–Crippen LogP) is 2.89. The molecule has 106 valence electrons. The molecule has 0 spiro atoms. The Morgan fingerprint density at radius 1 is 1.37 bits per heavy atom. The van der Waals surface area contributed by atoms with E-state index < -0.39 is 0 Å². The first-order valence-corrected chi connectivity index (χ1v) is 6.68. The molecule has 0 aliphatic rings. The van der Waals surface area contributed by atoms with Crippen molar-refractivity contribution in [2.75, 3.05) is 18.1 Å². The quantitative estimate of drug-likeness (QED) is 0.608. The number of rotatable bonds is 7. The van der Waals surface area contributed by atoms with Gasteiger partial charge in [-0.3, -0.25) is 10.1 Å². The van der Waals surface area contributed by atoms with E-state index in [1.54, 1.807) is 19.1 Å². The molecule has 0 radical (unpaired) electrons. The summed E-state index contributed by atoms with van der Waals surface area (Å²) in [6.07, 6.45) is 1.78. The minimum Gasteiger partial charge on any atom is -0.395 e. The largest absolute Gasteiger partial charge is 0.395 e. The number of aliphatic hydroxyl groups is 1. The van der Waals surface area contributed by atoms with Crippen LogP contribution in [-0.2, 0) is 0 Å². The Morgan fingerprint density at radius 3 is 2.47 bits per heavy atom. The third-order valence-electron chi connectivity index (χ3n) is 3.43. The molecule has 0 fully saturated rings. The summed E-state index contributed by atoms with van der Waals surface area (Å²) in [5.41, 5.74) is 1.40. The second-order valence-electron chi connectivity index (χ2n) is 4.59. The van der Waals surface area contributed by atoms with Gasteiger partial charge in [-0.05, 0) is 25.8 Å². The molecule has 1 N–H and O–H groups in total. The predicted molar refractivity (Wildman–Crippen MR) is 76.6 cm³/mol. The molecule has 0 unspecified atom stereocenters. The Hall–Kier alpha value is -1.62. The van der Waals surface area contributed by atoms with Crippen molar-refractivity contribution in [3.8, 4) is 0 Å². The van der Waals surface area contributed by atoms with Crippen molar-refractivity contribution >= 4 is 11.4 Å². The zero-order valence-electron chi connectivity index (χ0n) is 11.8. The summed E-state index contributed by atoms with van der Waals surface area (Å²) in [6.45, 7) is 6.25. The van der Waals surface area contributed by atoms with Crippen LogP contribution in [0.3, 0.4) is 0 Å². The molecule has 0 atom stereocenters. The Balaban J connectivity index is 3.29. The zero-order valence-corrected chi connectivity index (χ0v) is 11.8. The molecule has 5 heteroatoms. The van der Waals surface area contributed by atoms with Gasteiger partial charge < -0.3 is 10.0 Å². The summed E-state index contributed by atoms with van der Waals surface area (Å²) in [6, 6.07) is 5.53. The van der Waals surface area contributed by atoms with Gasteiger partial charge in [0.1, 0.15) is 5.69 Å². The van der Waals surface area contributed by atoms with Crippen molar-refractivity contribution in [3.05, 3.63) is 33.9 Å². The Bertz CT molecular complexity index is 431. The van der Waals surface area contributed by atoms with Crippen LogP contribution in [0.1, 0.15) is 32.3 Å². The first kappa shape index (κ1) is 15.4. The van der Waals surface area contributed by atoms with Gasteiger partial charge in [-0.2, -0.15) is 0 Å². The van der Waals surface area contributed by atoms with Crippen LogP contribution < -0.4 is 4.90 Å². The second-order valence-corrected chi connectivity index (χ2v) is 4.59. The molecule has 0 aliphatic carbocycles. The van der Waals surface area contributed by atoms with Gasteiger partial charge in [0.15, 0.2) is 0 Å². The molecule has 0 heterocycles. The number of para-hydroxylation sites is 1. The standard InChI is InChI=1S/C14H22N2O3/c1-4-12(5-2)15(9-10-17)13-8-6-7-11(3)14(13)16(18)19/h6-8,12,17H,4-5,9-10H2,1-3H3. The van der Waals surface area contributed by atoms with Crippen LogP contribution in [0.25, 0.3) is 0 Å². The van der Waals surface area contributed by atoms with Crippen LogP contribution >= 0.6 is 0 Å². The number of aliphatic hydroxyl groups excluding tert-OH is 1. The zero-order chi connectivity index (χ0) is 14.4. The number of nitrogens with zero attached hydrogens (tertiary/aromatic N) is 2. The minimum absolute atomic E-state index is 0.0123. The molecule has 1 aromatic rings. The van der Waals surface area contributed by atoms with E-state index in [1.807, 2.05) is 11.0 Å². The van der Waals surface area contributed by atoms with E-state index >= 15 is 0 Å². The molecular weight excluding hydrogens is 244 g/mol. The molecule has 0 saturated carbocycles. The molecular formula is C14H22N2O3. The highest BCUT2D eigenvalue weighted by Crippen LogP contribution is 2.33. The number of benzene rings is 1. The van der Waals surface area contributed by atoms with Gasteiger partial charge in [-0.1, -0.05) is 26.0 Å². The van der Waals surface area contributed by atoms with Gasteiger partial charge in [0, 0.05) is 18.2 Å². The van der Waals surface area contributed by atoms with Crippen molar-refractivity contribution in [3.63, 3.8) is 0 Å².